The van der Waals surface area contributed by atoms with Gasteiger partial charge in [-0.1, -0.05) is 50.2 Å². The van der Waals surface area contributed by atoms with Crippen molar-refractivity contribution in [1.29, 1.82) is 0 Å². The highest BCUT2D eigenvalue weighted by Crippen LogP contribution is 2.35. The minimum atomic E-state index is -1.03. The number of rotatable bonds is 7. The zero-order chi connectivity index (χ0) is 28.5. The Labute approximate surface area is 230 Å². The maximum Gasteiger partial charge on any atom is 0.251 e. The van der Waals surface area contributed by atoms with E-state index in [9.17, 15) is 19.2 Å². The molecule has 2 aromatic rings. The van der Waals surface area contributed by atoms with Crippen LogP contribution in [0.4, 0.5) is 0 Å². The molecule has 39 heavy (non-hydrogen) atoms. The van der Waals surface area contributed by atoms with E-state index in [1.54, 1.807) is 31.3 Å². The Hall–Kier alpha value is -3.68. The summed E-state index contributed by atoms with van der Waals surface area (Å²) in [4.78, 5) is 55.6. The first-order valence-corrected chi connectivity index (χ1v) is 13.7. The van der Waals surface area contributed by atoms with E-state index < -0.39 is 23.7 Å². The van der Waals surface area contributed by atoms with Crippen molar-refractivity contribution >= 4 is 23.6 Å². The molecule has 0 saturated carbocycles. The minimum absolute atomic E-state index is 0.0942. The second-order valence-corrected chi connectivity index (χ2v) is 12.2. The van der Waals surface area contributed by atoms with E-state index in [1.165, 1.54) is 16.0 Å². The molecule has 0 spiro atoms. The Bertz CT molecular complexity index is 1220. The molecule has 4 rings (SSSR count). The van der Waals surface area contributed by atoms with Gasteiger partial charge in [0.25, 0.3) is 5.91 Å². The average Bonchev–Trinajstić information content (AvgIpc) is 3.30. The van der Waals surface area contributed by atoms with Crippen LogP contribution < -0.4 is 16.0 Å². The SMILES string of the molecule is CNC(=O)c1ccc(C(C(=O)NC(C)(C)C)N2C(=O)C(C3Cc4ccccc4C3)NC(=O)C2CC(C)C)cc1. The zero-order valence-electron chi connectivity index (χ0n) is 23.7. The molecule has 8 nitrogen and oxygen atoms in total. The molecule has 208 valence electrons. The molecular weight excluding hydrogens is 492 g/mol. The van der Waals surface area contributed by atoms with Crippen LogP contribution in [0.3, 0.4) is 0 Å². The standard InChI is InChI=1S/C31H40N4O4/c1-18(2)15-24-28(37)33-25(23-16-21-9-7-8-10-22(21)17-23)30(39)35(24)26(29(38)34-31(3,4)5)19-11-13-20(14-12-19)27(36)32-6/h7-14,18,23-26H,15-17H2,1-6H3,(H,32,36)(H,33,37)(H,34,38). The van der Waals surface area contributed by atoms with Crippen molar-refractivity contribution in [2.24, 2.45) is 11.8 Å². The van der Waals surface area contributed by atoms with Gasteiger partial charge in [-0.25, -0.2) is 0 Å². The lowest BCUT2D eigenvalue weighted by Crippen LogP contribution is -2.67. The van der Waals surface area contributed by atoms with E-state index >= 15 is 0 Å². The third-order valence-electron chi connectivity index (χ3n) is 7.45. The number of nitrogens with one attached hydrogen (secondary N) is 3. The molecule has 1 saturated heterocycles. The summed E-state index contributed by atoms with van der Waals surface area (Å²) in [7, 11) is 1.55. The molecule has 1 aliphatic carbocycles. The molecule has 8 heteroatoms. The monoisotopic (exact) mass is 532 g/mol. The van der Waals surface area contributed by atoms with Crippen LogP contribution in [0.1, 0.15) is 74.1 Å². The molecule has 2 aliphatic rings. The summed E-state index contributed by atoms with van der Waals surface area (Å²) in [6, 6.07) is 12.2. The number of hydrogen-bond donors (Lipinski definition) is 3. The third-order valence-corrected chi connectivity index (χ3v) is 7.45. The van der Waals surface area contributed by atoms with Gasteiger partial charge in [-0.05, 0) is 80.7 Å². The van der Waals surface area contributed by atoms with E-state index in [-0.39, 0.29) is 35.5 Å². The molecular formula is C31H40N4O4. The van der Waals surface area contributed by atoms with Gasteiger partial charge < -0.3 is 20.9 Å². The highest BCUT2D eigenvalue weighted by atomic mass is 16.2. The molecule has 3 atom stereocenters. The van der Waals surface area contributed by atoms with E-state index in [1.807, 2.05) is 46.8 Å². The van der Waals surface area contributed by atoms with Crippen LogP contribution in [0.2, 0.25) is 0 Å². The summed E-state index contributed by atoms with van der Waals surface area (Å²) < 4.78 is 0. The van der Waals surface area contributed by atoms with Crippen molar-refractivity contribution in [2.45, 2.75) is 77.5 Å². The number of benzene rings is 2. The Morgan fingerprint density at radius 2 is 1.59 bits per heavy atom. The van der Waals surface area contributed by atoms with Crippen molar-refractivity contribution in [3.8, 4) is 0 Å². The highest BCUT2D eigenvalue weighted by Gasteiger charge is 2.49. The number of fused-ring (bicyclic) bond motifs is 1. The Balaban J connectivity index is 1.77. The lowest BCUT2D eigenvalue weighted by molar-refractivity contribution is -0.158. The van der Waals surface area contributed by atoms with Gasteiger partial charge >= 0.3 is 0 Å². The number of nitrogens with zero attached hydrogens (tertiary/aromatic N) is 1. The van der Waals surface area contributed by atoms with Gasteiger partial charge in [-0.3, -0.25) is 19.2 Å². The molecule has 2 aromatic carbocycles. The molecule has 1 fully saturated rings. The van der Waals surface area contributed by atoms with Gasteiger partial charge in [-0.15, -0.1) is 0 Å². The number of carbonyl (C=O) groups excluding carboxylic acids is 4. The predicted octanol–water partition coefficient (Wildman–Crippen LogP) is 3.16. The topological polar surface area (TPSA) is 108 Å². The van der Waals surface area contributed by atoms with Crippen LogP contribution in [-0.4, -0.2) is 53.2 Å². The molecule has 1 aliphatic heterocycles. The first-order chi connectivity index (χ1) is 18.4. The first kappa shape index (κ1) is 28.3. The molecule has 3 N–H and O–H groups in total. The Morgan fingerprint density at radius 1 is 1.00 bits per heavy atom. The maximum absolute atomic E-state index is 14.4. The van der Waals surface area contributed by atoms with Crippen molar-refractivity contribution in [1.82, 2.24) is 20.9 Å². The van der Waals surface area contributed by atoms with Crippen LogP contribution in [0, 0.1) is 11.8 Å². The van der Waals surface area contributed by atoms with Gasteiger partial charge in [0.1, 0.15) is 18.1 Å². The lowest BCUT2D eigenvalue weighted by atomic mass is 9.87. The number of carbonyl (C=O) groups is 4. The fourth-order valence-electron chi connectivity index (χ4n) is 5.71. The summed E-state index contributed by atoms with van der Waals surface area (Å²) >= 11 is 0. The molecule has 4 amide bonds. The highest BCUT2D eigenvalue weighted by molar-refractivity contribution is 6.00. The fraction of sp³-hybridized carbons (Fsp3) is 0.484. The number of amides is 4. The van der Waals surface area contributed by atoms with Crippen LogP contribution in [-0.2, 0) is 27.2 Å². The Kier molecular flexibility index (Phi) is 8.14. The molecule has 1 heterocycles. The smallest absolute Gasteiger partial charge is 0.251 e. The van der Waals surface area contributed by atoms with E-state index in [4.69, 9.17) is 0 Å². The second kappa shape index (κ2) is 11.2. The zero-order valence-corrected chi connectivity index (χ0v) is 23.7. The normalized spacial score (nSPS) is 20.4. The van der Waals surface area contributed by atoms with E-state index in [2.05, 4.69) is 28.1 Å². The van der Waals surface area contributed by atoms with Crippen molar-refractivity contribution < 1.29 is 19.2 Å². The molecule has 0 bridgehead atoms. The van der Waals surface area contributed by atoms with Crippen LogP contribution in [0.5, 0.6) is 0 Å². The maximum atomic E-state index is 14.4. The second-order valence-electron chi connectivity index (χ2n) is 12.2. The molecule has 0 radical (unpaired) electrons. The first-order valence-electron chi connectivity index (χ1n) is 13.7. The number of piperazine rings is 1. The van der Waals surface area contributed by atoms with E-state index in [0.717, 1.165) is 0 Å². The van der Waals surface area contributed by atoms with Crippen molar-refractivity contribution in [2.75, 3.05) is 7.05 Å². The van der Waals surface area contributed by atoms with Gasteiger partial charge in [-0.2, -0.15) is 0 Å². The van der Waals surface area contributed by atoms with Gasteiger partial charge in [0, 0.05) is 18.2 Å². The largest absolute Gasteiger partial charge is 0.355 e. The Morgan fingerprint density at radius 3 is 2.10 bits per heavy atom. The summed E-state index contributed by atoms with van der Waals surface area (Å²) in [6.45, 7) is 9.64. The third kappa shape index (κ3) is 6.15. The minimum Gasteiger partial charge on any atom is -0.355 e. The quantitative estimate of drug-likeness (QED) is 0.509. The molecule has 3 unspecified atom stereocenters. The van der Waals surface area contributed by atoms with Crippen molar-refractivity contribution in [3.63, 3.8) is 0 Å². The van der Waals surface area contributed by atoms with Crippen LogP contribution >= 0.6 is 0 Å². The lowest BCUT2D eigenvalue weighted by Gasteiger charge is -2.45. The van der Waals surface area contributed by atoms with Gasteiger partial charge in [0.2, 0.25) is 17.7 Å². The van der Waals surface area contributed by atoms with Crippen LogP contribution in [0.15, 0.2) is 48.5 Å². The summed E-state index contributed by atoms with van der Waals surface area (Å²) in [5.41, 5.74) is 2.81. The fourth-order valence-corrected chi connectivity index (χ4v) is 5.71. The van der Waals surface area contributed by atoms with Crippen LogP contribution in [0.25, 0.3) is 0 Å². The van der Waals surface area contributed by atoms with Crippen molar-refractivity contribution in [3.05, 3.63) is 70.8 Å². The van der Waals surface area contributed by atoms with E-state index in [0.29, 0.717) is 30.4 Å². The summed E-state index contributed by atoms with van der Waals surface area (Å²) in [5.74, 6) is -1.07. The average molecular weight is 533 g/mol. The molecule has 0 aromatic heterocycles. The summed E-state index contributed by atoms with van der Waals surface area (Å²) in [5, 5.41) is 8.66. The summed E-state index contributed by atoms with van der Waals surface area (Å²) in [6.07, 6.45) is 1.80. The van der Waals surface area contributed by atoms with Gasteiger partial charge in [0.05, 0.1) is 0 Å². The predicted molar refractivity (Wildman–Crippen MR) is 150 cm³/mol. The van der Waals surface area contributed by atoms with Gasteiger partial charge in [0.15, 0.2) is 0 Å². The number of hydrogen-bond acceptors (Lipinski definition) is 4.